The molecule has 22 heavy (non-hydrogen) atoms. The van der Waals surface area contributed by atoms with Crippen LogP contribution in [-0.4, -0.2) is 47.4 Å². The van der Waals surface area contributed by atoms with E-state index >= 15 is 0 Å². The minimum absolute atomic E-state index is 0.000419. The maximum atomic E-state index is 12.6. The lowest BCUT2D eigenvalue weighted by molar-refractivity contribution is -0.121. The third-order valence-electron chi connectivity index (χ3n) is 3.74. The van der Waals surface area contributed by atoms with Gasteiger partial charge < -0.3 is 16.0 Å². The van der Waals surface area contributed by atoms with E-state index in [-0.39, 0.29) is 17.9 Å². The van der Waals surface area contributed by atoms with E-state index in [2.05, 4.69) is 10.3 Å². The summed E-state index contributed by atoms with van der Waals surface area (Å²) in [6.07, 6.45) is 4.67. The van der Waals surface area contributed by atoms with Gasteiger partial charge in [-0.15, -0.1) is 0 Å². The van der Waals surface area contributed by atoms with Crippen LogP contribution in [0.5, 0.6) is 0 Å². The Morgan fingerprint density at radius 3 is 2.91 bits per heavy atom. The second kappa shape index (κ2) is 8.10. The molecule has 3 N–H and O–H groups in total. The number of aromatic nitrogens is 1. The summed E-state index contributed by atoms with van der Waals surface area (Å²) in [7, 11) is 0. The van der Waals surface area contributed by atoms with Crippen molar-refractivity contribution in [3.05, 3.63) is 29.0 Å². The van der Waals surface area contributed by atoms with E-state index in [0.717, 1.165) is 19.3 Å². The molecule has 1 aliphatic heterocycles. The Morgan fingerprint density at radius 2 is 2.23 bits per heavy atom. The van der Waals surface area contributed by atoms with Gasteiger partial charge in [-0.1, -0.05) is 11.6 Å². The van der Waals surface area contributed by atoms with E-state index < -0.39 is 0 Å². The molecule has 0 aromatic carbocycles. The molecule has 1 aromatic heterocycles. The number of amides is 2. The summed E-state index contributed by atoms with van der Waals surface area (Å²) in [5.41, 5.74) is 5.74. The van der Waals surface area contributed by atoms with Crippen molar-refractivity contribution in [2.24, 2.45) is 5.73 Å². The number of nitrogens with one attached hydrogen (secondary N) is 1. The first-order valence-corrected chi connectivity index (χ1v) is 7.89. The highest BCUT2D eigenvalue weighted by atomic mass is 35.5. The number of hydrogen-bond donors (Lipinski definition) is 2. The van der Waals surface area contributed by atoms with Crippen molar-refractivity contribution < 1.29 is 9.59 Å². The van der Waals surface area contributed by atoms with Crippen molar-refractivity contribution in [2.45, 2.75) is 31.7 Å². The zero-order valence-electron chi connectivity index (χ0n) is 12.4. The number of halogens is 1. The molecule has 2 amide bonds. The molecule has 0 aliphatic carbocycles. The predicted molar refractivity (Wildman–Crippen MR) is 84.6 cm³/mol. The highest BCUT2D eigenvalue weighted by Crippen LogP contribution is 2.19. The van der Waals surface area contributed by atoms with Gasteiger partial charge in [-0.05, 0) is 31.4 Å². The minimum atomic E-state index is -0.116. The molecule has 1 atom stereocenters. The lowest BCUT2D eigenvalue weighted by atomic mass is 10.0. The number of nitrogens with two attached hydrogens (primary N) is 1. The van der Waals surface area contributed by atoms with Gasteiger partial charge in [0.1, 0.15) is 5.69 Å². The first-order chi connectivity index (χ1) is 10.6. The summed E-state index contributed by atoms with van der Waals surface area (Å²) in [5.74, 6) is -0.195. The fourth-order valence-electron chi connectivity index (χ4n) is 2.58. The number of nitrogens with zero attached hydrogens (tertiary/aromatic N) is 2. The van der Waals surface area contributed by atoms with Crippen LogP contribution in [0.1, 0.15) is 36.2 Å². The van der Waals surface area contributed by atoms with Crippen LogP contribution in [0, 0.1) is 0 Å². The lowest BCUT2D eigenvalue weighted by Gasteiger charge is -2.35. The molecule has 120 valence electrons. The number of piperidine rings is 1. The Kier molecular flexibility index (Phi) is 6.15. The maximum absolute atomic E-state index is 12.6. The van der Waals surface area contributed by atoms with Gasteiger partial charge >= 0.3 is 0 Å². The van der Waals surface area contributed by atoms with E-state index in [1.165, 1.54) is 6.20 Å². The summed E-state index contributed by atoms with van der Waals surface area (Å²) in [4.78, 5) is 30.0. The van der Waals surface area contributed by atoms with Crippen LogP contribution in [0.15, 0.2) is 18.3 Å². The lowest BCUT2D eigenvalue weighted by Crippen LogP contribution is -2.49. The van der Waals surface area contributed by atoms with Gasteiger partial charge in [0.05, 0.1) is 5.02 Å². The molecule has 0 bridgehead atoms. The molecule has 1 fully saturated rings. The van der Waals surface area contributed by atoms with Crippen molar-refractivity contribution >= 4 is 23.4 Å². The molecule has 2 rings (SSSR count). The highest BCUT2D eigenvalue weighted by molar-refractivity contribution is 6.30. The standard InChI is InChI=1S/C15H21ClN4O2/c16-11-4-5-13(18-9-11)15(22)20-8-2-1-3-12(20)10-19-14(21)6-7-17/h4-5,9,12H,1-3,6-8,10,17H2,(H,19,21). The van der Waals surface area contributed by atoms with Crippen molar-refractivity contribution in [1.82, 2.24) is 15.2 Å². The van der Waals surface area contributed by atoms with Crippen molar-refractivity contribution in [3.63, 3.8) is 0 Å². The number of carbonyl (C=O) groups is 2. The first-order valence-electron chi connectivity index (χ1n) is 7.51. The van der Waals surface area contributed by atoms with Gasteiger partial charge in [-0.25, -0.2) is 4.98 Å². The number of pyridine rings is 1. The fraction of sp³-hybridized carbons (Fsp3) is 0.533. The summed E-state index contributed by atoms with van der Waals surface area (Å²) in [5, 5.41) is 3.35. The zero-order chi connectivity index (χ0) is 15.9. The molecule has 1 unspecified atom stereocenters. The molecule has 0 spiro atoms. The van der Waals surface area contributed by atoms with E-state index in [9.17, 15) is 9.59 Å². The molecule has 0 radical (unpaired) electrons. The van der Waals surface area contributed by atoms with Gasteiger partial charge in [-0.3, -0.25) is 9.59 Å². The Labute approximate surface area is 135 Å². The average molecular weight is 325 g/mol. The van der Waals surface area contributed by atoms with Crippen LogP contribution in [0.4, 0.5) is 0 Å². The SMILES string of the molecule is NCCC(=O)NCC1CCCCN1C(=O)c1ccc(Cl)cn1. The number of hydrogen-bond acceptors (Lipinski definition) is 4. The van der Waals surface area contributed by atoms with Crippen LogP contribution in [0.3, 0.4) is 0 Å². The number of rotatable bonds is 5. The summed E-state index contributed by atoms with van der Waals surface area (Å²) in [6.45, 7) is 1.46. The Balaban J connectivity index is 2.00. The average Bonchev–Trinajstić information content (AvgIpc) is 2.53. The van der Waals surface area contributed by atoms with Gasteiger partial charge in [0.2, 0.25) is 5.91 Å². The molecular formula is C15H21ClN4O2. The topological polar surface area (TPSA) is 88.3 Å². The maximum Gasteiger partial charge on any atom is 0.272 e. The largest absolute Gasteiger partial charge is 0.354 e. The third-order valence-corrected chi connectivity index (χ3v) is 3.96. The first kappa shape index (κ1) is 16.7. The van der Waals surface area contributed by atoms with Crippen molar-refractivity contribution in [1.29, 1.82) is 0 Å². The monoisotopic (exact) mass is 324 g/mol. The molecule has 7 heteroatoms. The Bertz CT molecular complexity index is 521. The summed E-state index contributed by atoms with van der Waals surface area (Å²) < 4.78 is 0. The molecule has 1 aliphatic rings. The summed E-state index contributed by atoms with van der Waals surface area (Å²) in [6, 6.07) is 3.29. The van der Waals surface area contributed by atoms with Crippen LogP contribution in [0.2, 0.25) is 5.02 Å². The normalized spacial score (nSPS) is 18.1. The van der Waals surface area contributed by atoms with Crippen LogP contribution in [0.25, 0.3) is 0 Å². The zero-order valence-corrected chi connectivity index (χ0v) is 13.2. The van der Waals surface area contributed by atoms with E-state index in [0.29, 0.717) is 36.8 Å². The van der Waals surface area contributed by atoms with Crippen molar-refractivity contribution in [3.8, 4) is 0 Å². The van der Waals surface area contributed by atoms with Gasteiger partial charge in [0.15, 0.2) is 0 Å². The Hall–Kier alpha value is -1.66. The minimum Gasteiger partial charge on any atom is -0.354 e. The van der Waals surface area contributed by atoms with Gasteiger partial charge in [0.25, 0.3) is 5.91 Å². The predicted octanol–water partition coefficient (Wildman–Crippen LogP) is 1.19. The van der Waals surface area contributed by atoms with Gasteiger partial charge in [-0.2, -0.15) is 0 Å². The second-order valence-corrected chi connectivity index (χ2v) is 5.79. The van der Waals surface area contributed by atoms with E-state index in [1.54, 1.807) is 17.0 Å². The van der Waals surface area contributed by atoms with E-state index in [4.69, 9.17) is 17.3 Å². The van der Waals surface area contributed by atoms with E-state index in [1.807, 2.05) is 0 Å². The van der Waals surface area contributed by atoms with Crippen LogP contribution in [-0.2, 0) is 4.79 Å². The van der Waals surface area contributed by atoms with Gasteiger partial charge in [0, 0.05) is 38.3 Å². The molecular weight excluding hydrogens is 304 g/mol. The molecule has 1 saturated heterocycles. The van der Waals surface area contributed by atoms with Crippen LogP contribution >= 0.6 is 11.6 Å². The molecule has 1 aromatic rings. The van der Waals surface area contributed by atoms with Crippen molar-refractivity contribution in [2.75, 3.05) is 19.6 Å². The summed E-state index contributed by atoms with van der Waals surface area (Å²) >= 11 is 5.80. The quantitative estimate of drug-likeness (QED) is 0.851. The smallest absolute Gasteiger partial charge is 0.272 e. The second-order valence-electron chi connectivity index (χ2n) is 5.35. The molecule has 6 nitrogen and oxygen atoms in total. The fourth-order valence-corrected chi connectivity index (χ4v) is 2.69. The number of carbonyl (C=O) groups excluding carboxylic acids is 2. The Morgan fingerprint density at radius 1 is 1.41 bits per heavy atom. The van der Waals surface area contributed by atoms with Crippen LogP contribution < -0.4 is 11.1 Å². The number of likely N-dealkylation sites (tertiary alicyclic amines) is 1. The third kappa shape index (κ3) is 4.42. The molecule has 2 heterocycles. The highest BCUT2D eigenvalue weighted by Gasteiger charge is 2.28. The molecule has 0 saturated carbocycles.